The SMILES string of the molecule is C=C(C)C(=O)OC(C)(C)C1CCc2cc(F)ccc21. The second-order valence-corrected chi connectivity index (χ2v) is 5.71. The van der Waals surface area contributed by atoms with Crippen LogP contribution in [0.3, 0.4) is 0 Å². The van der Waals surface area contributed by atoms with E-state index < -0.39 is 5.60 Å². The average molecular weight is 262 g/mol. The average Bonchev–Trinajstić information content (AvgIpc) is 2.71. The van der Waals surface area contributed by atoms with Crippen molar-refractivity contribution in [2.45, 2.75) is 45.1 Å². The fourth-order valence-corrected chi connectivity index (χ4v) is 2.71. The number of hydrogen-bond acceptors (Lipinski definition) is 2. The van der Waals surface area contributed by atoms with Crippen molar-refractivity contribution >= 4 is 5.97 Å². The summed E-state index contributed by atoms with van der Waals surface area (Å²) in [6.45, 7) is 9.03. The third-order valence-corrected chi connectivity index (χ3v) is 3.73. The summed E-state index contributed by atoms with van der Waals surface area (Å²) in [6.07, 6.45) is 1.70. The van der Waals surface area contributed by atoms with Gasteiger partial charge >= 0.3 is 5.97 Å². The van der Waals surface area contributed by atoms with Crippen molar-refractivity contribution in [3.8, 4) is 0 Å². The van der Waals surface area contributed by atoms with Crippen LogP contribution < -0.4 is 0 Å². The Kier molecular flexibility index (Phi) is 3.48. The first-order valence-electron chi connectivity index (χ1n) is 6.48. The fraction of sp³-hybridized carbons (Fsp3) is 0.438. The minimum absolute atomic E-state index is 0.103. The number of esters is 1. The lowest BCUT2D eigenvalue weighted by Crippen LogP contribution is -2.34. The lowest BCUT2D eigenvalue weighted by atomic mass is 9.85. The van der Waals surface area contributed by atoms with E-state index in [2.05, 4.69) is 6.58 Å². The minimum atomic E-state index is -0.612. The summed E-state index contributed by atoms with van der Waals surface area (Å²) in [7, 11) is 0. The largest absolute Gasteiger partial charge is 0.456 e. The normalized spacial score (nSPS) is 18.0. The molecule has 0 spiro atoms. The molecule has 0 saturated heterocycles. The summed E-state index contributed by atoms with van der Waals surface area (Å²) < 4.78 is 18.7. The van der Waals surface area contributed by atoms with Crippen LogP contribution in [-0.2, 0) is 16.0 Å². The van der Waals surface area contributed by atoms with E-state index in [1.54, 1.807) is 19.1 Å². The van der Waals surface area contributed by atoms with Crippen LogP contribution in [0.4, 0.5) is 4.39 Å². The predicted octanol–water partition coefficient (Wildman–Crippen LogP) is 3.75. The van der Waals surface area contributed by atoms with Gasteiger partial charge in [-0.25, -0.2) is 9.18 Å². The van der Waals surface area contributed by atoms with Crippen molar-refractivity contribution in [2.75, 3.05) is 0 Å². The summed E-state index contributed by atoms with van der Waals surface area (Å²) in [4.78, 5) is 11.7. The Bertz CT molecular complexity index is 532. The third kappa shape index (κ3) is 2.70. The molecule has 1 unspecified atom stereocenters. The number of fused-ring (bicyclic) bond motifs is 1. The highest BCUT2D eigenvalue weighted by atomic mass is 19.1. The van der Waals surface area contributed by atoms with Crippen LogP contribution in [0.2, 0.25) is 0 Å². The van der Waals surface area contributed by atoms with Gasteiger partial charge in [0, 0.05) is 11.5 Å². The van der Waals surface area contributed by atoms with Crippen molar-refractivity contribution in [3.63, 3.8) is 0 Å². The van der Waals surface area contributed by atoms with Gasteiger partial charge in [-0.15, -0.1) is 0 Å². The smallest absolute Gasteiger partial charge is 0.333 e. The van der Waals surface area contributed by atoms with Gasteiger partial charge in [-0.05, 0) is 56.9 Å². The predicted molar refractivity (Wildman–Crippen MR) is 72.4 cm³/mol. The Balaban J connectivity index is 2.25. The number of rotatable bonds is 3. The van der Waals surface area contributed by atoms with E-state index in [9.17, 15) is 9.18 Å². The summed E-state index contributed by atoms with van der Waals surface area (Å²) in [5, 5.41) is 0. The number of benzene rings is 1. The molecule has 1 atom stereocenters. The summed E-state index contributed by atoms with van der Waals surface area (Å²) in [5.74, 6) is -0.483. The van der Waals surface area contributed by atoms with Crippen LogP contribution in [0.25, 0.3) is 0 Å². The van der Waals surface area contributed by atoms with Gasteiger partial charge in [0.1, 0.15) is 11.4 Å². The Morgan fingerprint density at radius 3 is 2.79 bits per heavy atom. The Morgan fingerprint density at radius 1 is 1.47 bits per heavy atom. The molecule has 0 heterocycles. The lowest BCUT2D eigenvalue weighted by Gasteiger charge is -2.32. The van der Waals surface area contributed by atoms with Gasteiger partial charge in [-0.2, -0.15) is 0 Å². The molecule has 19 heavy (non-hydrogen) atoms. The van der Waals surface area contributed by atoms with Crippen molar-refractivity contribution in [2.24, 2.45) is 0 Å². The topological polar surface area (TPSA) is 26.3 Å². The Morgan fingerprint density at radius 2 is 2.16 bits per heavy atom. The highest BCUT2D eigenvalue weighted by Gasteiger charge is 2.38. The Hall–Kier alpha value is -1.64. The molecule has 0 saturated carbocycles. The first-order valence-corrected chi connectivity index (χ1v) is 6.48. The van der Waals surface area contributed by atoms with Gasteiger partial charge in [0.15, 0.2) is 0 Å². The van der Waals surface area contributed by atoms with E-state index in [-0.39, 0.29) is 17.7 Å². The van der Waals surface area contributed by atoms with Crippen LogP contribution in [0, 0.1) is 5.82 Å². The second-order valence-electron chi connectivity index (χ2n) is 5.71. The minimum Gasteiger partial charge on any atom is -0.456 e. The molecule has 1 aliphatic rings. The van der Waals surface area contributed by atoms with Gasteiger partial charge in [-0.3, -0.25) is 0 Å². The molecular weight excluding hydrogens is 243 g/mol. The van der Waals surface area contributed by atoms with E-state index in [4.69, 9.17) is 4.74 Å². The second kappa shape index (κ2) is 4.80. The van der Waals surface area contributed by atoms with Crippen LogP contribution in [0.1, 0.15) is 44.2 Å². The van der Waals surface area contributed by atoms with Crippen molar-refractivity contribution < 1.29 is 13.9 Å². The van der Waals surface area contributed by atoms with E-state index in [0.717, 1.165) is 24.0 Å². The molecule has 0 amide bonds. The molecular formula is C16H19FO2. The van der Waals surface area contributed by atoms with Gasteiger partial charge in [-0.1, -0.05) is 12.6 Å². The molecule has 1 aromatic carbocycles. The molecule has 1 aromatic rings. The van der Waals surface area contributed by atoms with Crippen LogP contribution in [0.5, 0.6) is 0 Å². The molecule has 1 aliphatic carbocycles. The zero-order valence-electron chi connectivity index (χ0n) is 11.6. The first kappa shape index (κ1) is 13.8. The van der Waals surface area contributed by atoms with Gasteiger partial charge in [0.2, 0.25) is 0 Å². The number of halogens is 1. The molecule has 2 nitrogen and oxygen atoms in total. The van der Waals surface area contributed by atoms with E-state index in [1.807, 2.05) is 13.8 Å². The first-order chi connectivity index (χ1) is 8.81. The summed E-state index contributed by atoms with van der Waals surface area (Å²) >= 11 is 0. The fourth-order valence-electron chi connectivity index (χ4n) is 2.71. The van der Waals surface area contributed by atoms with Crippen molar-refractivity contribution in [1.82, 2.24) is 0 Å². The standard InChI is InChI=1S/C16H19FO2/c1-10(2)15(18)19-16(3,4)14-8-5-11-9-12(17)6-7-13(11)14/h6-7,9,14H,1,5,8H2,2-4H3. The van der Waals surface area contributed by atoms with Crippen LogP contribution in [-0.4, -0.2) is 11.6 Å². The number of hydrogen-bond donors (Lipinski definition) is 0. The van der Waals surface area contributed by atoms with Crippen LogP contribution in [0.15, 0.2) is 30.4 Å². The highest BCUT2D eigenvalue weighted by Crippen LogP contribution is 2.42. The number of carbonyl (C=O) groups is 1. The monoisotopic (exact) mass is 262 g/mol. The Labute approximate surface area is 113 Å². The van der Waals surface area contributed by atoms with Gasteiger partial charge < -0.3 is 4.74 Å². The van der Waals surface area contributed by atoms with Crippen molar-refractivity contribution in [1.29, 1.82) is 0 Å². The lowest BCUT2D eigenvalue weighted by molar-refractivity contribution is -0.153. The van der Waals surface area contributed by atoms with E-state index in [1.165, 1.54) is 6.07 Å². The quantitative estimate of drug-likeness (QED) is 0.612. The molecule has 3 heteroatoms. The molecule has 0 aromatic heterocycles. The van der Waals surface area contributed by atoms with E-state index in [0.29, 0.717) is 5.57 Å². The molecule has 0 fully saturated rings. The number of ether oxygens (including phenoxy) is 1. The van der Waals surface area contributed by atoms with E-state index >= 15 is 0 Å². The maximum Gasteiger partial charge on any atom is 0.333 e. The molecule has 2 rings (SSSR count). The van der Waals surface area contributed by atoms with Gasteiger partial charge in [0.05, 0.1) is 0 Å². The zero-order valence-corrected chi connectivity index (χ0v) is 11.6. The number of carbonyl (C=O) groups excluding carboxylic acids is 1. The maximum absolute atomic E-state index is 13.2. The molecule has 0 aliphatic heterocycles. The maximum atomic E-state index is 13.2. The number of aryl methyl sites for hydroxylation is 1. The molecule has 102 valence electrons. The van der Waals surface area contributed by atoms with Crippen LogP contribution >= 0.6 is 0 Å². The van der Waals surface area contributed by atoms with Gasteiger partial charge in [0.25, 0.3) is 0 Å². The molecule has 0 radical (unpaired) electrons. The zero-order chi connectivity index (χ0) is 14.2. The molecule has 0 bridgehead atoms. The molecule has 0 N–H and O–H groups in total. The third-order valence-electron chi connectivity index (χ3n) is 3.73. The highest BCUT2D eigenvalue weighted by molar-refractivity contribution is 5.87. The van der Waals surface area contributed by atoms with Crippen molar-refractivity contribution in [3.05, 3.63) is 47.3 Å². The summed E-state index contributed by atoms with van der Waals surface area (Å²) in [5.41, 5.74) is 1.88. The summed E-state index contributed by atoms with van der Waals surface area (Å²) in [6, 6.07) is 4.85.